The molecule has 0 unspecified atom stereocenters. The van der Waals surface area contributed by atoms with E-state index in [1.807, 2.05) is 12.1 Å². The number of benzene rings is 1. The minimum absolute atomic E-state index is 0.134. The van der Waals surface area contributed by atoms with E-state index in [1.165, 1.54) is 5.52 Å². The molecule has 4 heteroatoms. The van der Waals surface area contributed by atoms with Crippen LogP contribution in [0.3, 0.4) is 0 Å². The van der Waals surface area contributed by atoms with Crippen LogP contribution < -0.4 is 5.32 Å². The zero-order chi connectivity index (χ0) is 15.9. The standard InChI is InChI=1S/C18H27N3O/c1-4-13-21-16-10-8-7-9-15(16)20-17(21)11-12-19-18(22)14(5-2)6-3/h7-10,14H,4-6,11-13H2,1-3H3,(H,19,22). The molecule has 0 saturated carbocycles. The Morgan fingerprint density at radius 2 is 1.95 bits per heavy atom. The number of carbonyl (C=O) groups is 1. The summed E-state index contributed by atoms with van der Waals surface area (Å²) < 4.78 is 2.28. The molecule has 22 heavy (non-hydrogen) atoms. The first kappa shape index (κ1) is 16.5. The van der Waals surface area contributed by atoms with Crippen LogP contribution in [0.25, 0.3) is 11.0 Å². The summed E-state index contributed by atoms with van der Waals surface area (Å²) in [7, 11) is 0. The fraction of sp³-hybridized carbons (Fsp3) is 0.556. The molecule has 1 N–H and O–H groups in total. The van der Waals surface area contributed by atoms with Gasteiger partial charge in [-0.1, -0.05) is 32.9 Å². The van der Waals surface area contributed by atoms with Gasteiger partial charge >= 0.3 is 0 Å². The van der Waals surface area contributed by atoms with Crippen molar-refractivity contribution in [2.75, 3.05) is 6.54 Å². The van der Waals surface area contributed by atoms with E-state index in [-0.39, 0.29) is 11.8 Å². The Labute approximate surface area is 132 Å². The van der Waals surface area contributed by atoms with Crippen molar-refractivity contribution in [2.24, 2.45) is 5.92 Å². The van der Waals surface area contributed by atoms with Crippen LogP contribution in [-0.2, 0) is 17.8 Å². The van der Waals surface area contributed by atoms with Crippen LogP contribution in [0.2, 0.25) is 0 Å². The van der Waals surface area contributed by atoms with E-state index in [9.17, 15) is 4.79 Å². The van der Waals surface area contributed by atoms with E-state index in [2.05, 4.69) is 42.8 Å². The summed E-state index contributed by atoms with van der Waals surface area (Å²) in [5.74, 6) is 1.37. The number of nitrogens with one attached hydrogen (secondary N) is 1. The van der Waals surface area contributed by atoms with Gasteiger partial charge in [-0.3, -0.25) is 4.79 Å². The highest BCUT2D eigenvalue weighted by molar-refractivity contribution is 5.78. The maximum Gasteiger partial charge on any atom is 0.223 e. The first-order valence-electron chi connectivity index (χ1n) is 8.43. The number of aromatic nitrogens is 2. The molecule has 1 amide bonds. The molecule has 0 spiro atoms. The Morgan fingerprint density at radius 1 is 1.23 bits per heavy atom. The average molecular weight is 301 g/mol. The van der Waals surface area contributed by atoms with Gasteiger partial charge in [0.05, 0.1) is 11.0 Å². The summed E-state index contributed by atoms with van der Waals surface area (Å²) in [6.45, 7) is 7.93. The first-order chi connectivity index (χ1) is 10.7. The highest BCUT2D eigenvalue weighted by atomic mass is 16.1. The molecular formula is C18H27N3O. The van der Waals surface area contributed by atoms with Gasteiger partial charge in [-0.05, 0) is 31.4 Å². The van der Waals surface area contributed by atoms with Crippen molar-refractivity contribution in [1.82, 2.24) is 14.9 Å². The molecule has 1 heterocycles. The van der Waals surface area contributed by atoms with Gasteiger partial charge in [0.15, 0.2) is 0 Å². The van der Waals surface area contributed by atoms with Crippen LogP contribution in [0.5, 0.6) is 0 Å². The number of para-hydroxylation sites is 2. The number of rotatable bonds is 8. The number of amides is 1. The van der Waals surface area contributed by atoms with Gasteiger partial charge in [-0.25, -0.2) is 4.98 Å². The third-order valence-corrected chi connectivity index (χ3v) is 4.19. The highest BCUT2D eigenvalue weighted by Gasteiger charge is 2.14. The van der Waals surface area contributed by atoms with Crippen LogP contribution in [0.1, 0.15) is 45.9 Å². The highest BCUT2D eigenvalue weighted by Crippen LogP contribution is 2.17. The second-order valence-corrected chi connectivity index (χ2v) is 5.72. The summed E-state index contributed by atoms with van der Waals surface area (Å²) in [6.07, 6.45) is 3.65. The van der Waals surface area contributed by atoms with Gasteiger partial charge < -0.3 is 9.88 Å². The van der Waals surface area contributed by atoms with E-state index in [0.717, 1.165) is 43.6 Å². The van der Waals surface area contributed by atoms with Crippen LogP contribution in [0.4, 0.5) is 0 Å². The summed E-state index contributed by atoms with van der Waals surface area (Å²) in [5, 5.41) is 3.05. The predicted octanol–water partition coefficient (Wildman–Crippen LogP) is 3.54. The van der Waals surface area contributed by atoms with Gasteiger partial charge in [0.25, 0.3) is 0 Å². The summed E-state index contributed by atoms with van der Waals surface area (Å²) in [6, 6.07) is 8.23. The van der Waals surface area contributed by atoms with E-state index < -0.39 is 0 Å². The molecule has 0 radical (unpaired) electrons. The molecular weight excluding hydrogens is 274 g/mol. The number of fused-ring (bicyclic) bond motifs is 1. The molecule has 1 aromatic carbocycles. The maximum atomic E-state index is 12.0. The normalized spacial score (nSPS) is 11.3. The van der Waals surface area contributed by atoms with Gasteiger partial charge in [0.1, 0.15) is 5.82 Å². The SMILES string of the molecule is CCCn1c(CCNC(=O)C(CC)CC)nc2ccccc21. The molecule has 0 aliphatic heterocycles. The number of nitrogens with zero attached hydrogens (tertiary/aromatic N) is 2. The van der Waals surface area contributed by atoms with Crippen molar-refractivity contribution >= 4 is 16.9 Å². The second kappa shape index (κ2) is 7.97. The topological polar surface area (TPSA) is 46.9 Å². The summed E-state index contributed by atoms with van der Waals surface area (Å²) in [4.78, 5) is 16.8. The van der Waals surface area contributed by atoms with Crippen LogP contribution in [0, 0.1) is 5.92 Å². The fourth-order valence-electron chi connectivity index (χ4n) is 2.89. The van der Waals surface area contributed by atoms with Crippen molar-refractivity contribution in [2.45, 2.75) is 53.0 Å². The van der Waals surface area contributed by atoms with Crippen LogP contribution in [-0.4, -0.2) is 22.0 Å². The zero-order valence-electron chi connectivity index (χ0n) is 13.9. The Balaban J connectivity index is 2.05. The molecule has 0 bridgehead atoms. The second-order valence-electron chi connectivity index (χ2n) is 5.72. The fourth-order valence-corrected chi connectivity index (χ4v) is 2.89. The van der Waals surface area contributed by atoms with Gasteiger partial charge in [0.2, 0.25) is 5.91 Å². The number of hydrogen-bond acceptors (Lipinski definition) is 2. The van der Waals surface area contributed by atoms with Crippen molar-refractivity contribution in [3.63, 3.8) is 0 Å². The van der Waals surface area contributed by atoms with E-state index >= 15 is 0 Å². The lowest BCUT2D eigenvalue weighted by Gasteiger charge is -2.13. The predicted molar refractivity (Wildman–Crippen MR) is 90.8 cm³/mol. The largest absolute Gasteiger partial charge is 0.355 e. The minimum Gasteiger partial charge on any atom is -0.355 e. The molecule has 0 fully saturated rings. The summed E-state index contributed by atoms with van der Waals surface area (Å²) in [5.41, 5.74) is 2.22. The smallest absolute Gasteiger partial charge is 0.223 e. The number of hydrogen-bond donors (Lipinski definition) is 1. The molecule has 0 atom stereocenters. The summed E-state index contributed by atoms with van der Waals surface area (Å²) >= 11 is 0. The van der Waals surface area contributed by atoms with E-state index in [4.69, 9.17) is 4.98 Å². The van der Waals surface area contributed by atoms with Crippen molar-refractivity contribution in [1.29, 1.82) is 0 Å². The van der Waals surface area contributed by atoms with Crippen molar-refractivity contribution in [3.05, 3.63) is 30.1 Å². The molecule has 0 aliphatic carbocycles. The Morgan fingerprint density at radius 3 is 2.64 bits per heavy atom. The molecule has 2 aromatic rings. The van der Waals surface area contributed by atoms with E-state index in [0.29, 0.717) is 6.54 Å². The number of aryl methyl sites for hydroxylation is 1. The number of imidazole rings is 1. The van der Waals surface area contributed by atoms with Gasteiger partial charge in [0, 0.05) is 25.4 Å². The quantitative estimate of drug-likeness (QED) is 0.810. The molecule has 2 rings (SSSR count). The minimum atomic E-state index is 0.134. The monoisotopic (exact) mass is 301 g/mol. The Hall–Kier alpha value is -1.84. The molecule has 4 nitrogen and oxygen atoms in total. The zero-order valence-corrected chi connectivity index (χ0v) is 13.9. The third kappa shape index (κ3) is 3.67. The van der Waals surface area contributed by atoms with Gasteiger partial charge in [-0.2, -0.15) is 0 Å². The lowest BCUT2D eigenvalue weighted by atomic mass is 10.0. The lowest BCUT2D eigenvalue weighted by molar-refractivity contribution is -0.125. The Kier molecular flexibility index (Phi) is 5.99. The van der Waals surface area contributed by atoms with Crippen LogP contribution >= 0.6 is 0 Å². The first-order valence-corrected chi connectivity index (χ1v) is 8.43. The lowest BCUT2D eigenvalue weighted by Crippen LogP contribution is -2.32. The molecule has 0 saturated heterocycles. The molecule has 120 valence electrons. The maximum absolute atomic E-state index is 12.0. The van der Waals surface area contributed by atoms with Gasteiger partial charge in [-0.15, -0.1) is 0 Å². The average Bonchev–Trinajstić information content (AvgIpc) is 2.87. The van der Waals surface area contributed by atoms with Crippen molar-refractivity contribution < 1.29 is 4.79 Å². The molecule has 0 aliphatic rings. The van der Waals surface area contributed by atoms with Crippen molar-refractivity contribution in [3.8, 4) is 0 Å². The third-order valence-electron chi connectivity index (χ3n) is 4.19. The Bertz CT molecular complexity index is 614. The van der Waals surface area contributed by atoms with Crippen LogP contribution in [0.15, 0.2) is 24.3 Å². The molecule has 1 aromatic heterocycles. The van der Waals surface area contributed by atoms with E-state index in [1.54, 1.807) is 0 Å². The number of carbonyl (C=O) groups excluding carboxylic acids is 1.